The van der Waals surface area contributed by atoms with Crippen LogP contribution < -0.4 is 0 Å². The Balaban J connectivity index is 1.73. The molecule has 0 atom stereocenters. The van der Waals surface area contributed by atoms with Crippen LogP contribution in [0.15, 0.2) is 71.9 Å². The van der Waals surface area contributed by atoms with Crippen LogP contribution >= 0.6 is 0 Å². The summed E-state index contributed by atoms with van der Waals surface area (Å²) in [4.78, 5) is 0. The molecular weight excluding hydrogens is 392 g/mol. The quantitative estimate of drug-likeness (QED) is 0.333. The monoisotopic (exact) mass is 412 g/mol. The normalized spacial score (nSPS) is 12.8. The van der Waals surface area contributed by atoms with Crippen molar-refractivity contribution in [1.29, 1.82) is 0 Å². The zero-order chi connectivity index (χ0) is 20.8. The van der Waals surface area contributed by atoms with Crippen molar-refractivity contribution < 1.29 is 8.42 Å². The highest BCUT2D eigenvalue weighted by atomic mass is 32.2. The van der Waals surface area contributed by atoms with Gasteiger partial charge in [-0.25, -0.2) is 8.42 Å². The molecule has 0 saturated carbocycles. The average molecular weight is 413 g/mol. The maximum atomic E-state index is 12.2. The summed E-state index contributed by atoms with van der Waals surface area (Å²) < 4.78 is 28.2. The van der Waals surface area contributed by atoms with E-state index in [1.54, 1.807) is 10.6 Å². The number of aryl methyl sites for hydroxylation is 2. The van der Waals surface area contributed by atoms with E-state index >= 15 is 0 Å². The van der Waals surface area contributed by atoms with E-state index in [2.05, 4.69) is 72.4 Å². The Hall–Kier alpha value is -3.31. The Labute approximate surface area is 173 Å². The molecule has 0 saturated heterocycles. The van der Waals surface area contributed by atoms with Gasteiger partial charge in [-0.3, -0.25) is 0 Å². The van der Waals surface area contributed by atoms with Crippen molar-refractivity contribution >= 4 is 64.0 Å². The third-order valence-electron chi connectivity index (χ3n) is 6.34. The third-order valence-corrected chi connectivity index (χ3v) is 7.49. The highest BCUT2D eigenvalue weighted by Gasteiger charge is 2.16. The fourth-order valence-corrected chi connectivity index (χ4v) is 5.74. The fourth-order valence-electron chi connectivity index (χ4n) is 4.80. The molecule has 0 bridgehead atoms. The topological polar surface area (TPSA) is 44.0 Å². The average Bonchev–Trinajstić information content (AvgIpc) is 3.24. The molecule has 5 heteroatoms. The molecule has 2 aromatic heterocycles. The lowest BCUT2D eigenvalue weighted by Crippen LogP contribution is -2.03. The first-order chi connectivity index (χ1) is 14.3. The molecule has 0 aliphatic heterocycles. The second-order valence-electron chi connectivity index (χ2n) is 8.23. The SMILES string of the molecule is Cn1ccc2cc3c(ccc4c5cc6cc(S(C)(=O)=O)n(C)c6cc5ccc34)cc21. The van der Waals surface area contributed by atoms with E-state index in [0.29, 0.717) is 5.03 Å². The molecule has 0 fully saturated rings. The van der Waals surface area contributed by atoms with E-state index < -0.39 is 9.84 Å². The summed E-state index contributed by atoms with van der Waals surface area (Å²) in [6.45, 7) is 0. The highest BCUT2D eigenvalue weighted by Crippen LogP contribution is 2.36. The van der Waals surface area contributed by atoms with Gasteiger partial charge in [0.05, 0.1) is 0 Å². The van der Waals surface area contributed by atoms with Crippen molar-refractivity contribution in [3.8, 4) is 0 Å². The lowest BCUT2D eigenvalue weighted by Gasteiger charge is -2.09. The predicted octanol–water partition coefficient (Wildman–Crippen LogP) is 5.53. The van der Waals surface area contributed by atoms with Crippen LogP contribution in [0.5, 0.6) is 0 Å². The van der Waals surface area contributed by atoms with Crippen LogP contribution in [0.25, 0.3) is 54.1 Å². The van der Waals surface area contributed by atoms with E-state index in [-0.39, 0.29) is 0 Å². The fraction of sp³-hybridized carbons (Fsp3) is 0.120. The van der Waals surface area contributed by atoms with E-state index in [9.17, 15) is 8.42 Å². The van der Waals surface area contributed by atoms with Crippen LogP contribution in [0.2, 0.25) is 0 Å². The van der Waals surface area contributed by atoms with Crippen molar-refractivity contribution in [3.63, 3.8) is 0 Å². The maximum Gasteiger partial charge on any atom is 0.190 e. The summed E-state index contributed by atoms with van der Waals surface area (Å²) in [6, 6.07) is 21.3. The number of aromatic nitrogens is 2. The maximum absolute atomic E-state index is 12.2. The summed E-state index contributed by atoms with van der Waals surface area (Å²) in [6.07, 6.45) is 3.35. The first-order valence-electron chi connectivity index (χ1n) is 9.85. The largest absolute Gasteiger partial charge is 0.351 e. The van der Waals surface area contributed by atoms with Crippen LogP contribution in [0.3, 0.4) is 0 Å². The minimum atomic E-state index is -3.28. The molecule has 0 aliphatic carbocycles. The Morgan fingerprint density at radius 1 is 0.633 bits per heavy atom. The molecule has 0 unspecified atom stereocenters. The van der Waals surface area contributed by atoms with Crippen molar-refractivity contribution in [2.24, 2.45) is 14.1 Å². The van der Waals surface area contributed by atoms with E-state index in [0.717, 1.165) is 21.7 Å². The standard InChI is InChI=1S/C25H20N2O2S/c1-26-9-8-17-10-21-15(12-23(17)26)4-6-20-19(21)7-5-16-13-24-18(11-22(16)20)14-25(27(24)2)30(3,28)29/h4-14H,1-3H3. The summed E-state index contributed by atoms with van der Waals surface area (Å²) in [5.74, 6) is 0. The van der Waals surface area contributed by atoms with Crippen molar-refractivity contribution in [3.05, 3.63) is 66.9 Å². The summed E-state index contributed by atoms with van der Waals surface area (Å²) >= 11 is 0. The third kappa shape index (κ3) is 2.30. The van der Waals surface area contributed by atoms with Crippen LogP contribution in [-0.4, -0.2) is 23.8 Å². The molecule has 148 valence electrons. The number of hydrogen-bond donors (Lipinski definition) is 0. The molecule has 0 amide bonds. The zero-order valence-electron chi connectivity index (χ0n) is 17.0. The molecule has 0 spiro atoms. The lowest BCUT2D eigenvalue weighted by molar-refractivity contribution is 0.593. The highest BCUT2D eigenvalue weighted by molar-refractivity contribution is 7.90. The minimum absolute atomic E-state index is 0.342. The van der Waals surface area contributed by atoms with Crippen LogP contribution in [0.1, 0.15) is 0 Å². The van der Waals surface area contributed by atoms with Gasteiger partial charge in [-0.2, -0.15) is 0 Å². The zero-order valence-corrected chi connectivity index (χ0v) is 17.8. The van der Waals surface area contributed by atoms with Crippen LogP contribution in [0.4, 0.5) is 0 Å². The van der Waals surface area contributed by atoms with Gasteiger partial charge in [0.2, 0.25) is 0 Å². The van der Waals surface area contributed by atoms with Gasteiger partial charge in [-0.15, -0.1) is 0 Å². The second kappa shape index (κ2) is 5.64. The number of fused-ring (bicyclic) bond motifs is 7. The summed E-state index contributed by atoms with van der Waals surface area (Å²) in [5, 5.41) is 9.61. The Morgan fingerprint density at radius 3 is 1.87 bits per heavy atom. The van der Waals surface area contributed by atoms with E-state index in [1.165, 1.54) is 38.7 Å². The van der Waals surface area contributed by atoms with Crippen molar-refractivity contribution in [2.45, 2.75) is 5.03 Å². The van der Waals surface area contributed by atoms with Gasteiger partial charge in [0.25, 0.3) is 0 Å². The molecule has 0 aliphatic rings. The Morgan fingerprint density at radius 2 is 1.23 bits per heavy atom. The molecule has 0 radical (unpaired) electrons. The predicted molar refractivity (Wildman–Crippen MR) is 125 cm³/mol. The van der Waals surface area contributed by atoms with Gasteiger partial charge in [0.15, 0.2) is 9.84 Å². The summed E-state index contributed by atoms with van der Waals surface area (Å²) in [7, 11) is 0.594. The number of sulfone groups is 1. The van der Waals surface area contributed by atoms with Crippen molar-refractivity contribution in [2.75, 3.05) is 6.26 Å². The Kier molecular flexibility index (Phi) is 3.30. The molecule has 0 N–H and O–H groups in total. The first-order valence-corrected chi connectivity index (χ1v) is 11.7. The van der Waals surface area contributed by atoms with Crippen LogP contribution in [0, 0.1) is 0 Å². The first kappa shape index (κ1) is 17.5. The van der Waals surface area contributed by atoms with Crippen molar-refractivity contribution in [1.82, 2.24) is 9.13 Å². The molecule has 6 aromatic rings. The smallest absolute Gasteiger partial charge is 0.190 e. The van der Waals surface area contributed by atoms with Crippen LogP contribution in [-0.2, 0) is 23.9 Å². The molecular formula is C25H20N2O2S. The minimum Gasteiger partial charge on any atom is -0.351 e. The van der Waals surface area contributed by atoms with Gasteiger partial charge in [-0.05, 0) is 68.7 Å². The second-order valence-corrected chi connectivity index (χ2v) is 10.2. The van der Waals surface area contributed by atoms with Gasteiger partial charge in [-0.1, -0.05) is 24.3 Å². The van der Waals surface area contributed by atoms with Gasteiger partial charge >= 0.3 is 0 Å². The Bertz CT molecular complexity index is 1790. The number of nitrogens with zero attached hydrogens (tertiary/aromatic N) is 2. The number of rotatable bonds is 1. The summed E-state index contributed by atoms with van der Waals surface area (Å²) in [5.41, 5.74) is 2.15. The molecule has 2 heterocycles. The van der Waals surface area contributed by atoms with Gasteiger partial charge < -0.3 is 9.13 Å². The number of benzene rings is 4. The lowest BCUT2D eigenvalue weighted by atomic mass is 9.95. The van der Waals surface area contributed by atoms with Gasteiger partial charge in [0.1, 0.15) is 5.03 Å². The molecule has 4 nitrogen and oxygen atoms in total. The molecule has 6 rings (SSSR count). The molecule has 4 aromatic carbocycles. The number of hydrogen-bond acceptors (Lipinski definition) is 2. The van der Waals surface area contributed by atoms with Gasteiger partial charge in [0, 0.05) is 48.4 Å². The van der Waals surface area contributed by atoms with E-state index in [4.69, 9.17) is 0 Å². The van der Waals surface area contributed by atoms with E-state index in [1.807, 2.05) is 7.05 Å². The molecule has 30 heavy (non-hydrogen) atoms.